The van der Waals surface area contributed by atoms with Crippen molar-refractivity contribution in [1.82, 2.24) is 9.80 Å². The van der Waals surface area contributed by atoms with Gasteiger partial charge in [-0.2, -0.15) is 0 Å². The number of amides is 2. The smallest absolute Gasteiger partial charge is 0.236 e. The van der Waals surface area contributed by atoms with Crippen molar-refractivity contribution in [3.63, 3.8) is 0 Å². The van der Waals surface area contributed by atoms with Crippen LogP contribution in [0.15, 0.2) is 60.7 Å². The number of carbonyl (C=O) groups excluding carboxylic acids is 2. The highest BCUT2D eigenvalue weighted by atomic mass is 16.2. The van der Waals surface area contributed by atoms with E-state index in [2.05, 4.69) is 0 Å². The molecule has 0 radical (unpaired) electrons. The van der Waals surface area contributed by atoms with E-state index in [0.717, 1.165) is 11.1 Å². The first-order valence-electron chi connectivity index (χ1n) is 8.37. The molecule has 0 aliphatic carbocycles. The zero-order valence-electron chi connectivity index (χ0n) is 13.9. The van der Waals surface area contributed by atoms with Gasteiger partial charge in [-0.25, -0.2) is 0 Å². The molecule has 1 aliphatic heterocycles. The van der Waals surface area contributed by atoms with E-state index in [1.165, 1.54) is 0 Å². The van der Waals surface area contributed by atoms with E-state index in [4.69, 9.17) is 0 Å². The van der Waals surface area contributed by atoms with E-state index in [9.17, 15) is 9.59 Å². The first kappa shape index (κ1) is 16.2. The number of benzene rings is 2. The molecule has 1 fully saturated rings. The van der Waals surface area contributed by atoms with Gasteiger partial charge in [-0.3, -0.25) is 9.59 Å². The molecule has 1 saturated heterocycles. The van der Waals surface area contributed by atoms with Crippen LogP contribution in [0.2, 0.25) is 0 Å². The standard InChI is InChI=1S/C20H22N2O2/c1-2-18(23)21-13-14-22(15-21)20(24)19(16-9-5-3-6-10-16)17-11-7-4-8-12-17/h3-12,19H,2,13-15H2,1H3. The molecule has 0 aromatic heterocycles. The average Bonchev–Trinajstić information content (AvgIpc) is 3.13. The molecule has 24 heavy (non-hydrogen) atoms. The summed E-state index contributed by atoms with van der Waals surface area (Å²) in [6, 6.07) is 19.7. The lowest BCUT2D eigenvalue weighted by Gasteiger charge is -2.24. The van der Waals surface area contributed by atoms with E-state index >= 15 is 0 Å². The maximum atomic E-state index is 13.2. The molecular formula is C20H22N2O2. The summed E-state index contributed by atoms with van der Waals surface area (Å²) in [5, 5.41) is 0. The van der Waals surface area contributed by atoms with Crippen LogP contribution in [0.25, 0.3) is 0 Å². The van der Waals surface area contributed by atoms with E-state index in [1.54, 1.807) is 9.80 Å². The fourth-order valence-corrected chi connectivity index (χ4v) is 3.15. The first-order chi connectivity index (χ1) is 11.7. The van der Waals surface area contributed by atoms with Crippen molar-refractivity contribution in [2.75, 3.05) is 19.8 Å². The van der Waals surface area contributed by atoms with Gasteiger partial charge in [0.05, 0.1) is 12.6 Å². The maximum Gasteiger partial charge on any atom is 0.236 e. The molecule has 0 N–H and O–H groups in total. The summed E-state index contributed by atoms with van der Waals surface area (Å²) in [6.07, 6.45) is 0.475. The summed E-state index contributed by atoms with van der Waals surface area (Å²) in [6.45, 7) is 3.46. The molecule has 4 heteroatoms. The third-order valence-corrected chi connectivity index (χ3v) is 4.46. The van der Waals surface area contributed by atoms with Gasteiger partial charge in [0.25, 0.3) is 0 Å². The van der Waals surface area contributed by atoms with Gasteiger partial charge in [-0.05, 0) is 11.1 Å². The molecule has 2 amide bonds. The lowest BCUT2D eigenvalue weighted by Crippen LogP contribution is -2.36. The number of hydrogen-bond donors (Lipinski definition) is 0. The van der Waals surface area contributed by atoms with Gasteiger partial charge in [-0.15, -0.1) is 0 Å². The van der Waals surface area contributed by atoms with Crippen LogP contribution in [0, 0.1) is 0 Å². The Hall–Kier alpha value is -2.62. The highest BCUT2D eigenvalue weighted by Gasteiger charge is 2.32. The Bertz CT molecular complexity index is 661. The summed E-state index contributed by atoms with van der Waals surface area (Å²) in [7, 11) is 0. The van der Waals surface area contributed by atoms with Crippen LogP contribution in [0.5, 0.6) is 0 Å². The predicted molar refractivity (Wildman–Crippen MR) is 93.3 cm³/mol. The Morgan fingerprint density at radius 2 is 1.38 bits per heavy atom. The number of carbonyl (C=O) groups is 2. The molecule has 124 valence electrons. The minimum Gasteiger partial charge on any atom is -0.323 e. The summed E-state index contributed by atoms with van der Waals surface area (Å²) in [4.78, 5) is 28.6. The van der Waals surface area contributed by atoms with E-state index in [0.29, 0.717) is 26.2 Å². The second-order valence-electron chi connectivity index (χ2n) is 6.01. The predicted octanol–water partition coefficient (Wildman–Crippen LogP) is 2.86. The van der Waals surface area contributed by atoms with Crippen molar-refractivity contribution in [2.24, 2.45) is 0 Å². The third-order valence-electron chi connectivity index (χ3n) is 4.46. The zero-order valence-corrected chi connectivity index (χ0v) is 13.9. The Balaban J connectivity index is 1.87. The summed E-state index contributed by atoms with van der Waals surface area (Å²) in [5.41, 5.74) is 1.96. The minimum absolute atomic E-state index is 0.0544. The van der Waals surface area contributed by atoms with Crippen molar-refractivity contribution in [1.29, 1.82) is 0 Å². The summed E-state index contributed by atoms with van der Waals surface area (Å²) < 4.78 is 0. The van der Waals surface area contributed by atoms with Gasteiger partial charge >= 0.3 is 0 Å². The van der Waals surface area contributed by atoms with Crippen molar-refractivity contribution in [2.45, 2.75) is 19.3 Å². The van der Waals surface area contributed by atoms with Crippen molar-refractivity contribution in [3.05, 3.63) is 71.8 Å². The maximum absolute atomic E-state index is 13.2. The lowest BCUT2D eigenvalue weighted by atomic mass is 9.90. The van der Waals surface area contributed by atoms with Crippen LogP contribution in [-0.2, 0) is 9.59 Å². The first-order valence-corrected chi connectivity index (χ1v) is 8.37. The van der Waals surface area contributed by atoms with E-state index in [1.807, 2.05) is 67.6 Å². The Kier molecular flexibility index (Phi) is 4.94. The van der Waals surface area contributed by atoms with Crippen molar-refractivity contribution in [3.8, 4) is 0 Å². The van der Waals surface area contributed by atoms with E-state index < -0.39 is 0 Å². The molecule has 0 atom stereocenters. The molecule has 4 nitrogen and oxygen atoms in total. The monoisotopic (exact) mass is 322 g/mol. The van der Waals surface area contributed by atoms with Gasteiger partial charge in [-0.1, -0.05) is 67.6 Å². The molecular weight excluding hydrogens is 300 g/mol. The SMILES string of the molecule is CCC(=O)N1CCN(C(=O)C(c2ccccc2)c2ccccc2)C1. The zero-order chi connectivity index (χ0) is 16.9. The molecule has 0 unspecified atom stereocenters. The molecule has 1 aliphatic rings. The van der Waals surface area contributed by atoms with Crippen LogP contribution in [0.4, 0.5) is 0 Å². The van der Waals surface area contributed by atoms with Crippen molar-refractivity contribution >= 4 is 11.8 Å². The van der Waals surface area contributed by atoms with Gasteiger partial charge in [0.1, 0.15) is 0 Å². The quantitative estimate of drug-likeness (QED) is 0.868. The van der Waals surface area contributed by atoms with Crippen LogP contribution in [-0.4, -0.2) is 41.4 Å². The van der Waals surface area contributed by atoms with Gasteiger partial charge < -0.3 is 9.80 Å². The van der Waals surface area contributed by atoms with Gasteiger partial charge in [0.15, 0.2) is 0 Å². The molecule has 2 aromatic carbocycles. The van der Waals surface area contributed by atoms with E-state index in [-0.39, 0.29) is 17.7 Å². The number of rotatable bonds is 4. The third kappa shape index (κ3) is 3.32. The van der Waals surface area contributed by atoms with Crippen LogP contribution >= 0.6 is 0 Å². The molecule has 3 rings (SSSR count). The number of nitrogens with zero attached hydrogens (tertiary/aromatic N) is 2. The van der Waals surface area contributed by atoms with Crippen LogP contribution < -0.4 is 0 Å². The highest BCUT2D eigenvalue weighted by Crippen LogP contribution is 2.27. The summed E-state index contributed by atoms with van der Waals surface area (Å²) in [5.74, 6) is -0.177. The normalized spacial score (nSPS) is 14.2. The van der Waals surface area contributed by atoms with Crippen LogP contribution in [0.3, 0.4) is 0 Å². The Morgan fingerprint density at radius 1 is 0.875 bits per heavy atom. The Labute approximate surface area is 142 Å². The summed E-state index contributed by atoms with van der Waals surface area (Å²) >= 11 is 0. The molecule has 1 heterocycles. The van der Waals surface area contributed by atoms with Crippen LogP contribution in [0.1, 0.15) is 30.4 Å². The Morgan fingerprint density at radius 3 is 1.88 bits per heavy atom. The van der Waals surface area contributed by atoms with Crippen molar-refractivity contribution < 1.29 is 9.59 Å². The van der Waals surface area contributed by atoms with Gasteiger partial charge in [0, 0.05) is 19.5 Å². The molecule has 0 bridgehead atoms. The second kappa shape index (κ2) is 7.30. The second-order valence-corrected chi connectivity index (χ2v) is 6.01. The fourth-order valence-electron chi connectivity index (χ4n) is 3.15. The highest BCUT2D eigenvalue weighted by molar-refractivity contribution is 5.88. The largest absolute Gasteiger partial charge is 0.323 e. The fraction of sp³-hybridized carbons (Fsp3) is 0.300. The lowest BCUT2D eigenvalue weighted by molar-refractivity contribution is -0.134. The topological polar surface area (TPSA) is 40.6 Å². The number of hydrogen-bond acceptors (Lipinski definition) is 2. The molecule has 0 saturated carbocycles. The molecule has 2 aromatic rings. The van der Waals surface area contributed by atoms with Gasteiger partial charge in [0.2, 0.25) is 11.8 Å². The minimum atomic E-state index is -0.330. The molecule has 0 spiro atoms. The average molecular weight is 322 g/mol.